The topological polar surface area (TPSA) is 159 Å². The van der Waals surface area contributed by atoms with Crippen LogP contribution in [0.25, 0.3) is 0 Å². The highest BCUT2D eigenvalue weighted by molar-refractivity contribution is 5.81. The highest BCUT2D eigenvalue weighted by Gasteiger charge is 2.33. The Kier molecular flexibility index (Phi) is 15.0. The van der Waals surface area contributed by atoms with Gasteiger partial charge in [0.05, 0.1) is 6.61 Å². The number of amides is 2. The maximum absolute atomic E-state index is 11.7. The lowest BCUT2D eigenvalue weighted by Gasteiger charge is -2.24. The zero-order chi connectivity index (χ0) is 20.7. The van der Waals surface area contributed by atoms with E-state index < -0.39 is 36.9 Å². The van der Waals surface area contributed by atoms with E-state index in [1.807, 2.05) is 0 Å². The van der Waals surface area contributed by atoms with E-state index in [0.29, 0.717) is 13.0 Å². The molecule has 0 aliphatic heterocycles. The predicted molar refractivity (Wildman–Crippen MR) is 99.7 cm³/mol. The van der Waals surface area contributed by atoms with Crippen LogP contribution in [0.1, 0.15) is 57.8 Å². The van der Waals surface area contributed by atoms with Gasteiger partial charge < -0.3 is 36.2 Å². The highest BCUT2D eigenvalue weighted by atomic mass is 16.4. The van der Waals surface area contributed by atoms with Crippen molar-refractivity contribution in [1.29, 1.82) is 0 Å². The van der Waals surface area contributed by atoms with Crippen molar-refractivity contribution in [3.8, 4) is 0 Å². The molecule has 0 aliphatic rings. The predicted octanol–water partition coefficient (Wildman–Crippen LogP) is -1.20. The molecule has 0 aromatic heterocycles. The summed E-state index contributed by atoms with van der Waals surface area (Å²) in [6.07, 6.45) is 1.28. The summed E-state index contributed by atoms with van der Waals surface area (Å²) >= 11 is 0. The molecule has 0 saturated heterocycles. The third-order valence-electron chi connectivity index (χ3n) is 4.43. The Morgan fingerprint density at radius 1 is 0.815 bits per heavy atom. The second-order valence-electron chi connectivity index (χ2n) is 6.72. The number of carbonyl (C=O) groups excluding carboxylic acids is 2. The number of aliphatic hydroxyl groups is 5. The third-order valence-corrected chi connectivity index (χ3v) is 4.43. The molecule has 0 rings (SSSR count). The molecular formula is C18H36N2O7. The van der Waals surface area contributed by atoms with Crippen molar-refractivity contribution in [2.45, 2.75) is 82.2 Å². The second kappa shape index (κ2) is 15.8. The fourth-order valence-electron chi connectivity index (χ4n) is 2.59. The van der Waals surface area contributed by atoms with Gasteiger partial charge >= 0.3 is 0 Å². The van der Waals surface area contributed by atoms with Gasteiger partial charge in [0, 0.05) is 20.0 Å². The zero-order valence-corrected chi connectivity index (χ0v) is 16.1. The smallest absolute Gasteiger partial charge is 0.251 e. The second-order valence-corrected chi connectivity index (χ2v) is 6.72. The molecule has 0 aliphatic carbocycles. The fraction of sp³-hybridized carbons (Fsp3) is 0.889. The number of unbranched alkanes of at least 4 members (excludes halogenated alkanes) is 7. The fourth-order valence-corrected chi connectivity index (χ4v) is 2.59. The van der Waals surface area contributed by atoms with E-state index in [1.54, 1.807) is 7.05 Å². The molecule has 9 heteroatoms. The standard InChI is InChI=1S/C18H36N2O7/c1-19-14(23)10-8-6-4-2-3-5-7-9-11-20-18(27)17(26)16(25)15(24)13(22)12-21/h13,15-17,21-22,24-26H,2-12H2,1H3,(H,19,23)(H,20,27). The molecule has 0 bridgehead atoms. The molecule has 160 valence electrons. The van der Waals surface area contributed by atoms with Gasteiger partial charge in [-0.3, -0.25) is 9.59 Å². The summed E-state index contributed by atoms with van der Waals surface area (Å²) < 4.78 is 0. The number of carbonyl (C=O) groups is 2. The summed E-state index contributed by atoms with van der Waals surface area (Å²) in [7, 11) is 1.64. The lowest BCUT2D eigenvalue weighted by Crippen LogP contribution is -2.51. The molecule has 4 atom stereocenters. The summed E-state index contributed by atoms with van der Waals surface area (Å²) in [6, 6.07) is 0. The normalized spacial score (nSPS) is 15.6. The molecule has 9 nitrogen and oxygen atoms in total. The van der Waals surface area contributed by atoms with Gasteiger partial charge in [0.15, 0.2) is 6.10 Å². The van der Waals surface area contributed by atoms with Gasteiger partial charge in [-0.15, -0.1) is 0 Å². The lowest BCUT2D eigenvalue weighted by molar-refractivity contribution is -0.148. The van der Waals surface area contributed by atoms with Crippen LogP contribution in [0.5, 0.6) is 0 Å². The van der Waals surface area contributed by atoms with E-state index in [-0.39, 0.29) is 5.91 Å². The zero-order valence-electron chi connectivity index (χ0n) is 16.1. The number of rotatable bonds is 16. The van der Waals surface area contributed by atoms with Crippen LogP contribution in [0.15, 0.2) is 0 Å². The van der Waals surface area contributed by atoms with Gasteiger partial charge in [-0.1, -0.05) is 38.5 Å². The largest absolute Gasteiger partial charge is 0.394 e. The van der Waals surface area contributed by atoms with Crippen LogP contribution in [0.4, 0.5) is 0 Å². The lowest BCUT2D eigenvalue weighted by atomic mass is 10.0. The SMILES string of the molecule is CNC(=O)CCCCCCCCCCNC(=O)C(O)C(O)C(O)C(O)CO. The summed E-state index contributed by atoms with van der Waals surface area (Å²) in [4.78, 5) is 22.7. The first-order valence-corrected chi connectivity index (χ1v) is 9.66. The van der Waals surface area contributed by atoms with Gasteiger partial charge in [0.1, 0.15) is 18.3 Å². The minimum Gasteiger partial charge on any atom is -0.394 e. The molecule has 0 aromatic carbocycles. The van der Waals surface area contributed by atoms with Gasteiger partial charge in [-0.25, -0.2) is 0 Å². The van der Waals surface area contributed by atoms with E-state index in [1.165, 1.54) is 0 Å². The first-order valence-electron chi connectivity index (χ1n) is 9.66. The highest BCUT2D eigenvalue weighted by Crippen LogP contribution is 2.10. The Morgan fingerprint density at radius 3 is 1.85 bits per heavy atom. The number of nitrogens with one attached hydrogen (secondary N) is 2. The van der Waals surface area contributed by atoms with Crippen LogP contribution in [-0.2, 0) is 9.59 Å². The third kappa shape index (κ3) is 11.9. The summed E-state index contributed by atoms with van der Waals surface area (Å²) in [5.41, 5.74) is 0. The molecule has 0 spiro atoms. The average Bonchev–Trinajstić information content (AvgIpc) is 2.68. The van der Waals surface area contributed by atoms with E-state index in [4.69, 9.17) is 5.11 Å². The minimum atomic E-state index is -1.88. The van der Waals surface area contributed by atoms with E-state index in [2.05, 4.69) is 10.6 Å². The summed E-state index contributed by atoms with van der Waals surface area (Å²) in [6.45, 7) is -0.450. The number of aliphatic hydroxyl groups excluding tert-OH is 5. The Balaban J connectivity index is 3.64. The van der Waals surface area contributed by atoms with E-state index in [9.17, 15) is 30.0 Å². The average molecular weight is 392 g/mol. The van der Waals surface area contributed by atoms with Crippen LogP contribution in [0.3, 0.4) is 0 Å². The molecular weight excluding hydrogens is 356 g/mol. The van der Waals surface area contributed by atoms with Crippen LogP contribution >= 0.6 is 0 Å². The van der Waals surface area contributed by atoms with Gasteiger partial charge in [-0.05, 0) is 12.8 Å². The molecule has 0 saturated carbocycles. The quantitative estimate of drug-likeness (QED) is 0.162. The van der Waals surface area contributed by atoms with E-state index in [0.717, 1.165) is 51.4 Å². The van der Waals surface area contributed by atoms with Crippen LogP contribution < -0.4 is 10.6 Å². The van der Waals surface area contributed by atoms with Crippen molar-refractivity contribution >= 4 is 11.8 Å². The van der Waals surface area contributed by atoms with Gasteiger partial charge in [0.2, 0.25) is 5.91 Å². The minimum absolute atomic E-state index is 0.0776. The molecule has 0 fully saturated rings. The van der Waals surface area contributed by atoms with Gasteiger partial charge in [-0.2, -0.15) is 0 Å². The van der Waals surface area contributed by atoms with Crippen molar-refractivity contribution < 1.29 is 35.1 Å². The Labute approximate surface area is 160 Å². The Hall–Kier alpha value is -1.26. The van der Waals surface area contributed by atoms with Crippen molar-refractivity contribution in [2.75, 3.05) is 20.2 Å². The van der Waals surface area contributed by atoms with Gasteiger partial charge in [0.25, 0.3) is 5.91 Å². The molecule has 0 radical (unpaired) electrons. The van der Waals surface area contributed by atoms with Crippen LogP contribution in [0.2, 0.25) is 0 Å². The summed E-state index contributed by atoms with van der Waals surface area (Å²) in [5, 5.41) is 51.7. The Morgan fingerprint density at radius 2 is 1.33 bits per heavy atom. The van der Waals surface area contributed by atoms with E-state index >= 15 is 0 Å². The first-order chi connectivity index (χ1) is 12.8. The maximum Gasteiger partial charge on any atom is 0.251 e. The summed E-state index contributed by atoms with van der Waals surface area (Å²) in [5.74, 6) is -0.753. The molecule has 4 unspecified atom stereocenters. The Bertz CT molecular complexity index is 409. The molecule has 0 heterocycles. The molecule has 27 heavy (non-hydrogen) atoms. The first kappa shape index (κ1) is 25.7. The van der Waals surface area contributed by atoms with Crippen molar-refractivity contribution in [1.82, 2.24) is 10.6 Å². The van der Waals surface area contributed by atoms with Crippen molar-refractivity contribution in [2.24, 2.45) is 0 Å². The van der Waals surface area contributed by atoms with Crippen LogP contribution in [0, 0.1) is 0 Å². The van der Waals surface area contributed by atoms with Crippen LogP contribution in [-0.4, -0.2) is 82.0 Å². The monoisotopic (exact) mass is 392 g/mol. The maximum atomic E-state index is 11.7. The van der Waals surface area contributed by atoms with Crippen molar-refractivity contribution in [3.05, 3.63) is 0 Å². The molecule has 0 aromatic rings. The molecule has 7 N–H and O–H groups in total. The molecule has 2 amide bonds. The van der Waals surface area contributed by atoms with Crippen molar-refractivity contribution in [3.63, 3.8) is 0 Å². The number of hydrogen-bond acceptors (Lipinski definition) is 7. The number of hydrogen-bond donors (Lipinski definition) is 7.